The Balaban J connectivity index is 2.03. The van der Waals surface area contributed by atoms with Crippen LogP contribution < -0.4 is 5.43 Å². The van der Waals surface area contributed by atoms with Crippen LogP contribution in [0.15, 0.2) is 0 Å². The first-order chi connectivity index (χ1) is 4.45. The van der Waals surface area contributed by atoms with E-state index in [0.29, 0.717) is 0 Å². The molecule has 0 amide bonds. The van der Waals surface area contributed by atoms with Crippen LogP contribution in [0.3, 0.4) is 0 Å². The lowest BCUT2D eigenvalue weighted by molar-refractivity contribution is 0.167. The fourth-order valence-electron chi connectivity index (χ4n) is 1.64. The average Bonchev–Trinajstić information content (AvgIpc) is 2.21. The smallest absolute Gasteiger partial charge is 0.0136 e. The maximum absolute atomic E-state index is 3.35. The Bertz CT molecular complexity index is 77.6. The van der Waals surface area contributed by atoms with Crippen LogP contribution in [0.4, 0.5) is 0 Å². The molecule has 0 aliphatic carbocycles. The molecule has 0 saturated carbocycles. The summed E-state index contributed by atoms with van der Waals surface area (Å²) in [6, 6.07) is 0. The number of hydrogen-bond donors (Lipinski definition) is 1. The van der Waals surface area contributed by atoms with Crippen molar-refractivity contribution in [1.29, 1.82) is 0 Å². The molecule has 2 nitrogen and oxygen atoms in total. The summed E-state index contributed by atoms with van der Waals surface area (Å²) in [5.74, 6) is 0.913. The fourth-order valence-corrected chi connectivity index (χ4v) is 1.64. The SMILES string of the molecule is [CH]1CNN2CCC1CC2. The van der Waals surface area contributed by atoms with Crippen molar-refractivity contribution < 1.29 is 0 Å². The zero-order valence-corrected chi connectivity index (χ0v) is 5.64. The minimum atomic E-state index is 0.913. The summed E-state index contributed by atoms with van der Waals surface area (Å²) < 4.78 is 0. The molecule has 9 heavy (non-hydrogen) atoms. The maximum atomic E-state index is 3.35. The Hall–Kier alpha value is -0.0800. The second-order valence-corrected chi connectivity index (χ2v) is 2.92. The van der Waals surface area contributed by atoms with Crippen LogP contribution in [0.1, 0.15) is 12.8 Å². The Morgan fingerprint density at radius 1 is 1.33 bits per heavy atom. The predicted molar refractivity (Wildman–Crippen MR) is 36.6 cm³/mol. The van der Waals surface area contributed by atoms with E-state index in [-0.39, 0.29) is 0 Å². The van der Waals surface area contributed by atoms with Crippen LogP contribution in [0.5, 0.6) is 0 Å². The first-order valence-electron chi connectivity index (χ1n) is 3.77. The lowest BCUT2D eigenvalue weighted by atomic mass is 9.96. The van der Waals surface area contributed by atoms with Crippen molar-refractivity contribution in [3.63, 3.8) is 0 Å². The highest BCUT2D eigenvalue weighted by molar-refractivity contribution is 4.86. The van der Waals surface area contributed by atoms with Crippen molar-refractivity contribution in [2.24, 2.45) is 5.92 Å². The van der Waals surface area contributed by atoms with Gasteiger partial charge in [-0.2, -0.15) is 0 Å². The molecule has 1 N–H and O–H groups in total. The quantitative estimate of drug-likeness (QED) is 0.505. The first kappa shape index (κ1) is 5.69. The largest absolute Gasteiger partial charge is 0.255 e. The van der Waals surface area contributed by atoms with E-state index in [1.807, 2.05) is 0 Å². The lowest BCUT2D eigenvalue weighted by Crippen LogP contribution is -2.39. The highest BCUT2D eigenvalue weighted by atomic mass is 15.5. The van der Waals surface area contributed by atoms with E-state index in [4.69, 9.17) is 0 Å². The van der Waals surface area contributed by atoms with Gasteiger partial charge in [-0.15, -0.1) is 0 Å². The highest BCUT2D eigenvalue weighted by Gasteiger charge is 2.22. The summed E-state index contributed by atoms with van der Waals surface area (Å²) in [4.78, 5) is 0. The molecule has 51 valence electrons. The third kappa shape index (κ3) is 1.10. The molecule has 3 saturated heterocycles. The summed E-state index contributed by atoms with van der Waals surface area (Å²) in [7, 11) is 0. The Morgan fingerprint density at radius 3 is 2.89 bits per heavy atom. The summed E-state index contributed by atoms with van der Waals surface area (Å²) in [5.41, 5.74) is 3.35. The van der Waals surface area contributed by atoms with Gasteiger partial charge in [-0.25, -0.2) is 5.01 Å². The van der Waals surface area contributed by atoms with E-state index in [1.54, 1.807) is 0 Å². The minimum absolute atomic E-state index is 0.913. The molecule has 3 rings (SSSR count). The van der Waals surface area contributed by atoms with Gasteiger partial charge in [0.25, 0.3) is 0 Å². The molecule has 0 spiro atoms. The first-order valence-corrected chi connectivity index (χ1v) is 3.77. The van der Waals surface area contributed by atoms with Crippen molar-refractivity contribution in [3.05, 3.63) is 6.42 Å². The van der Waals surface area contributed by atoms with Gasteiger partial charge in [-0.1, -0.05) is 0 Å². The second kappa shape index (κ2) is 2.27. The van der Waals surface area contributed by atoms with Crippen LogP contribution in [-0.4, -0.2) is 24.6 Å². The molecule has 3 aliphatic heterocycles. The second-order valence-electron chi connectivity index (χ2n) is 2.92. The van der Waals surface area contributed by atoms with E-state index in [0.717, 1.165) is 12.5 Å². The van der Waals surface area contributed by atoms with Gasteiger partial charge in [0.1, 0.15) is 0 Å². The van der Waals surface area contributed by atoms with E-state index in [9.17, 15) is 0 Å². The van der Waals surface area contributed by atoms with Crippen LogP contribution in [-0.2, 0) is 0 Å². The van der Waals surface area contributed by atoms with E-state index in [2.05, 4.69) is 16.9 Å². The van der Waals surface area contributed by atoms with Crippen molar-refractivity contribution in [2.75, 3.05) is 19.6 Å². The topological polar surface area (TPSA) is 15.3 Å². The molecule has 0 atom stereocenters. The Morgan fingerprint density at radius 2 is 2.11 bits per heavy atom. The van der Waals surface area contributed by atoms with Gasteiger partial charge in [0.2, 0.25) is 0 Å². The molecular formula is C7H13N2. The molecule has 3 aliphatic rings. The van der Waals surface area contributed by atoms with Gasteiger partial charge in [-0.05, 0) is 25.2 Å². The number of nitrogens with one attached hydrogen (secondary N) is 1. The van der Waals surface area contributed by atoms with Crippen molar-refractivity contribution >= 4 is 0 Å². The molecule has 0 aromatic carbocycles. The Labute approximate surface area is 56.2 Å². The van der Waals surface area contributed by atoms with Crippen molar-refractivity contribution in [3.8, 4) is 0 Å². The monoisotopic (exact) mass is 125 g/mol. The average molecular weight is 125 g/mol. The fraction of sp³-hybridized carbons (Fsp3) is 0.857. The maximum Gasteiger partial charge on any atom is 0.0136 e. The van der Waals surface area contributed by atoms with Crippen LogP contribution in [0.25, 0.3) is 0 Å². The normalized spacial score (nSPS) is 42.7. The molecule has 2 heteroatoms. The van der Waals surface area contributed by atoms with E-state index >= 15 is 0 Å². The number of hydrazine groups is 1. The molecule has 3 heterocycles. The van der Waals surface area contributed by atoms with Gasteiger partial charge >= 0.3 is 0 Å². The zero-order chi connectivity index (χ0) is 6.10. The van der Waals surface area contributed by atoms with Crippen LogP contribution >= 0.6 is 0 Å². The summed E-state index contributed by atoms with van der Waals surface area (Å²) in [5, 5.41) is 2.33. The summed E-state index contributed by atoms with van der Waals surface area (Å²) in [6.07, 6.45) is 5.15. The van der Waals surface area contributed by atoms with Crippen LogP contribution in [0.2, 0.25) is 0 Å². The molecule has 0 aromatic rings. The lowest BCUT2D eigenvalue weighted by Gasteiger charge is -2.25. The summed E-state index contributed by atoms with van der Waals surface area (Å²) in [6.45, 7) is 3.59. The van der Waals surface area contributed by atoms with E-state index < -0.39 is 0 Å². The molecule has 0 aromatic heterocycles. The molecule has 1 radical (unpaired) electrons. The molecule has 2 bridgehead atoms. The number of fused-ring (bicyclic) bond motifs is 4. The van der Waals surface area contributed by atoms with Crippen molar-refractivity contribution in [1.82, 2.24) is 10.4 Å². The van der Waals surface area contributed by atoms with E-state index in [1.165, 1.54) is 25.9 Å². The summed E-state index contributed by atoms with van der Waals surface area (Å²) >= 11 is 0. The number of piperidine rings is 1. The molecular weight excluding hydrogens is 112 g/mol. The number of rotatable bonds is 0. The highest BCUT2D eigenvalue weighted by Crippen LogP contribution is 2.20. The molecule has 3 fully saturated rings. The zero-order valence-electron chi connectivity index (χ0n) is 5.64. The minimum Gasteiger partial charge on any atom is -0.255 e. The Kier molecular flexibility index (Phi) is 1.44. The number of nitrogens with zero attached hydrogens (tertiary/aromatic N) is 1. The van der Waals surface area contributed by atoms with Gasteiger partial charge in [0.15, 0.2) is 0 Å². The van der Waals surface area contributed by atoms with Gasteiger partial charge in [0, 0.05) is 19.6 Å². The third-order valence-corrected chi connectivity index (χ3v) is 2.31. The van der Waals surface area contributed by atoms with Gasteiger partial charge < -0.3 is 0 Å². The number of hydrogen-bond acceptors (Lipinski definition) is 2. The van der Waals surface area contributed by atoms with Crippen LogP contribution in [0, 0.1) is 12.3 Å². The third-order valence-electron chi connectivity index (χ3n) is 2.31. The molecule has 0 unspecified atom stereocenters. The van der Waals surface area contributed by atoms with Crippen molar-refractivity contribution in [2.45, 2.75) is 12.8 Å². The van der Waals surface area contributed by atoms with Gasteiger partial charge in [0.05, 0.1) is 0 Å². The van der Waals surface area contributed by atoms with Gasteiger partial charge in [-0.3, -0.25) is 5.43 Å². The predicted octanol–water partition coefficient (Wildman–Crippen LogP) is 0.421. The standard InChI is InChI=1S/C7H13N2/c1-4-8-9-5-2-7(1)3-6-9/h1,7-8H,2-6H2.